The fourth-order valence-corrected chi connectivity index (χ4v) is 3.72. The van der Waals surface area contributed by atoms with E-state index in [-0.39, 0.29) is 0 Å². The summed E-state index contributed by atoms with van der Waals surface area (Å²) in [5.41, 5.74) is 8.93. The number of carbonyl (C=O) groups excluding carboxylic acids is 2. The predicted molar refractivity (Wildman–Crippen MR) is 105 cm³/mol. The maximum atomic E-state index is 12.9. The largest absolute Gasteiger partial charge is 0.465 e. The fraction of sp³-hybridized carbons (Fsp3) is 0.227. The Morgan fingerprint density at radius 1 is 1.25 bits per heavy atom. The topological polar surface area (TPSA) is 95.4 Å². The summed E-state index contributed by atoms with van der Waals surface area (Å²) in [5.74, 6) is -0.185. The first-order valence-electron chi connectivity index (χ1n) is 9.14. The summed E-state index contributed by atoms with van der Waals surface area (Å²) in [6.45, 7) is 1.68. The number of rotatable bonds is 4. The number of esters is 1. The normalized spacial score (nSPS) is 17.5. The lowest BCUT2D eigenvalue weighted by molar-refractivity contribution is -0.121. The second-order valence-corrected chi connectivity index (χ2v) is 7.07. The number of nitrogens with zero attached hydrogens (tertiary/aromatic N) is 1. The molecule has 0 saturated carbocycles. The highest BCUT2D eigenvalue weighted by atomic mass is 16.5. The quantitative estimate of drug-likeness (QED) is 0.702. The van der Waals surface area contributed by atoms with Crippen molar-refractivity contribution in [2.45, 2.75) is 19.8 Å². The van der Waals surface area contributed by atoms with Crippen molar-refractivity contribution in [3.05, 3.63) is 65.2 Å². The fourth-order valence-electron chi connectivity index (χ4n) is 3.72. The van der Waals surface area contributed by atoms with Crippen molar-refractivity contribution in [1.29, 1.82) is 0 Å². The molecule has 0 radical (unpaired) electrons. The van der Waals surface area contributed by atoms with Gasteiger partial charge in [-0.05, 0) is 54.2 Å². The second-order valence-electron chi connectivity index (χ2n) is 7.07. The summed E-state index contributed by atoms with van der Waals surface area (Å²) in [4.78, 5) is 28.8. The van der Waals surface area contributed by atoms with Crippen LogP contribution in [0.5, 0.6) is 0 Å². The van der Waals surface area contributed by atoms with Gasteiger partial charge in [0.1, 0.15) is 5.76 Å². The van der Waals surface area contributed by atoms with Crippen LogP contribution in [-0.2, 0) is 16.0 Å². The Hall–Kier alpha value is -3.41. The van der Waals surface area contributed by atoms with Crippen LogP contribution in [0.25, 0.3) is 22.6 Å². The number of hydrogen-bond acceptors (Lipinski definition) is 5. The molecule has 0 aliphatic heterocycles. The molecule has 1 aliphatic carbocycles. The third-order valence-electron chi connectivity index (χ3n) is 4.83. The highest BCUT2D eigenvalue weighted by Gasteiger charge is 2.29. The SMILES string of the molecule is C[C@H]1C/C(=C/c2ccco2)c2nc3ccccc3c(C(=O)OCC(N)=O)c2C1. The van der Waals surface area contributed by atoms with Crippen LogP contribution in [0.2, 0.25) is 0 Å². The molecule has 4 rings (SSSR count). The van der Waals surface area contributed by atoms with E-state index >= 15 is 0 Å². The van der Waals surface area contributed by atoms with E-state index in [1.807, 2.05) is 42.5 Å². The third kappa shape index (κ3) is 3.41. The molecule has 142 valence electrons. The maximum absolute atomic E-state index is 12.9. The van der Waals surface area contributed by atoms with Gasteiger partial charge >= 0.3 is 5.97 Å². The van der Waals surface area contributed by atoms with E-state index < -0.39 is 18.5 Å². The smallest absolute Gasteiger partial charge is 0.339 e. The summed E-state index contributed by atoms with van der Waals surface area (Å²) < 4.78 is 10.6. The monoisotopic (exact) mass is 376 g/mol. The summed E-state index contributed by atoms with van der Waals surface area (Å²) >= 11 is 0. The molecule has 6 heteroatoms. The van der Waals surface area contributed by atoms with Crippen molar-refractivity contribution < 1.29 is 18.7 Å². The van der Waals surface area contributed by atoms with Gasteiger partial charge in [-0.3, -0.25) is 4.79 Å². The molecule has 0 fully saturated rings. The Balaban J connectivity index is 1.92. The minimum atomic E-state index is -0.688. The molecule has 2 N–H and O–H groups in total. The zero-order chi connectivity index (χ0) is 19.7. The lowest BCUT2D eigenvalue weighted by atomic mass is 9.81. The Bertz CT molecular complexity index is 1080. The molecule has 3 aromatic rings. The molecule has 1 aromatic carbocycles. The standard InChI is InChI=1S/C22H20N2O4/c1-13-9-14(11-15-5-4-8-27-15)21-17(10-13)20(22(26)28-12-19(23)25)16-6-2-3-7-18(16)24-21/h2-8,11,13H,9-10,12H2,1H3,(H2,23,25)/b14-11-/t13-/m0/s1. The predicted octanol–water partition coefficient (Wildman–Crippen LogP) is 3.59. The molecule has 1 amide bonds. The number of para-hydroxylation sites is 1. The highest BCUT2D eigenvalue weighted by Crippen LogP contribution is 2.38. The molecule has 1 atom stereocenters. The average Bonchev–Trinajstić information content (AvgIpc) is 3.17. The number of ether oxygens (including phenoxy) is 1. The zero-order valence-corrected chi connectivity index (χ0v) is 15.5. The number of primary amides is 1. The van der Waals surface area contributed by atoms with Crippen LogP contribution in [-0.4, -0.2) is 23.5 Å². The van der Waals surface area contributed by atoms with Gasteiger partial charge in [-0.25, -0.2) is 9.78 Å². The minimum Gasteiger partial charge on any atom is -0.465 e. The van der Waals surface area contributed by atoms with Crippen LogP contribution < -0.4 is 5.73 Å². The van der Waals surface area contributed by atoms with Crippen LogP contribution in [0.15, 0.2) is 47.1 Å². The molecule has 0 saturated heterocycles. The van der Waals surface area contributed by atoms with Gasteiger partial charge in [-0.1, -0.05) is 25.1 Å². The number of benzene rings is 1. The van der Waals surface area contributed by atoms with Gasteiger partial charge in [0.25, 0.3) is 5.91 Å². The first kappa shape index (κ1) is 18.0. The molecule has 0 bridgehead atoms. The third-order valence-corrected chi connectivity index (χ3v) is 4.83. The number of carbonyl (C=O) groups is 2. The molecule has 6 nitrogen and oxygen atoms in total. The van der Waals surface area contributed by atoms with E-state index in [1.54, 1.807) is 6.26 Å². The molecule has 2 aromatic heterocycles. The lowest BCUT2D eigenvalue weighted by Crippen LogP contribution is -2.23. The van der Waals surface area contributed by atoms with E-state index in [0.717, 1.165) is 29.0 Å². The van der Waals surface area contributed by atoms with E-state index in [1.165, 1.54) is 0 Å². The first-order valence-corrected chi connectivity index (χ1v) is 9.14. The van der Waals surface area contributed by atoms with Crippen molar-refractivity contribution in [2.24, 2.45) is 11.7 Å². The zero-order valence-electron chi connectivity index (χ0n) is 15.5. The summed E-state index contributed by atoms with van der Waals surface area (Å²) in [7, 11) is 0. The maximum Gasteiger partial charge on any atom is 0.339 e. The van der Waals surface area contributed by atoms with Crippen LogP contribution in [0, 0.1) is 5.92 Å². The van der Waals surface area contributed by atoms with E-state index in [2.05, 4.69) is 6.92 Å². The number of hydrogen-bond donors (Lipinski definition) is 1. The minimum absolute atomic E-state index is 0.319. The number of furan rings is 1. The second kappa shape index (κ2) is 7.31. The summed E-state index contributed by atoms with van der Waals surface area (Å²) in [6, 6.07) is 11.2. The Morgan fingerprint density at radius 3 is 2.82 bits per heavy atom. The summed E-state index contributed by atoms with van der Waals surface area (Å²) in [5, 5.41) is 0.710. The molecular formula is C22H20N2O4. The van der Waals surface area contributed by atoms with Crippen molar-refractivity contribution in [2.75, 3.05) is 6.61 Å². The number of allylic oxidation sites excluding steroid dienone is 1. The number of pyridine rings is 1. The lowest BCUT2D eigenvalue weighted by Gasteiger charge is -2.26. The molecular weight excluding hydrogens is 356 g/mol. The molecule has 28 heavy (non-hydrogen) atoms. The van der Waals surface area contributed by atoms with Crippen molar-refractivity contribution in [3.8, 4) is 0 Å². The molecule has 2 heterocycles. The van der Waals surface area contributed by atoms with E-state index in [9.17, 15) is 9.59 Å². The van der Waals surface area contributed by atoms with Crippen molar-refractivity contribution >= 4 is 34.4 Å². The van der Waals surface area contributed by atoms with E-state index in [0.29, 0.717) is 28.8 Å². The average molecular weight is 376 g/mol. The molecule has 0 unspecified atom stereocenters. The number of amides is 1. The van der Waals surface area contributed by atoms with Gasteiger partial charge in [0.05, 0.1) is 23.0 Å². The van der Waals surface area contributed by atoms with Crippen molar-refractivity contribution in [1.82, 2.24) is 4.98 Å². The van der Waals surface area contributed by atoms with Gasteiger partial charge in [-0.15, -0.1) is 0 Å². The van der Waals surface area contributed by atoms with Crippen LogP contribution in [0.4, 0.5) is 0 Å². The summed E-state index contributed by atoms with van der Waals surface area (Å²) in [6.07, 6.45) is 5.12. The molecule has 0 spiro atoms. The molecule has 1 aliphatic rings. The van der Waals surface area contributed by atoms with E-state index in [4.69, 9.17) is 19.9 Å². The van der Waals surface area contributed by atoms with Crippen LogP contribution >= 0.6 is 0 Å². The number of fused-ring (bicyclic) bond motifs is 2. The van der Waals surface area contributed by atoms with Crippen LogP contribution in [0.1, 0.15) is 40.7 Å². The van der Waals surface area contributed by atoms with Crippen LogP contribution in [0.3, 0.4) is 0 Å². The number of nitrogens with two attached hydrogens (primary N) is 1. The Labute approximate surface area is 162 Å². The van der Waals surface area contributed by atoms with Gasteiger partial charge in [0, 0.05) is 5.39 Å². The number of aromatic nitrogens is 1. The van der Waals surface area contributed by atoms with Gasteiger partial charge < -0.3 is 14.9 Å². The van der Waals surface area contributed by atoms with Gasteiger partial charge in [-0.2, -0.15) is 0 Å². The van der Waals surface area contributed by atoms with Crippen molar-refractivity contribution in [3.63, 3.8) is 0 Å². The first-order chi connectivity index (χ1) is 13.5. The van der Waals surface area contributed by atoms with Gasteiger partial charge in [0.15, 0.2) is 6.61 Å². The van der Waals surface area contributed by atoms with Gasteiger partial charge in [0.2, 0.25) is 0 Å². The Kier molecular flexibility index (Phi) is 4.69. The Morgan fingerprint density at radius 2 is 2.07 bits per heavy atom. The highest BCUT2D eigenvalue weighted by molar-refractivity contribution is 6.07.